The van der Waals surface area contributed by atoms with Gasteiger partial charge in [-0.25, -0.2) is 0 Å². The van der Waals surface area contributed by atoms with Gasteiger partial charge in [0.2, 0.25) is 17.8 Å². The minimum absolute atomic E-state index is 0.190. The van der Waals surface area contributed by atoms with Gasteiger partial charge in [-0.2, -0.15) is 0 Å². The summed E-state index contributed by atoms with van der Waals surface area (Å²) in [6.07, 6.45) is 2.22. The van der Waals surface area contributed by atoms with Gasteiger partial charge < -0.3 is 16.0 Å². The van der Waals surface area contributed by atoms with Crippen molar-refractivity contribution in [3.05, 3.63) is 59.1 Å². The first-order valence-electron chi connectivity index (χ1n) is 10.3. The number of rotatable bonds is 7. The number of primary amides is 1. The topological polar surface area (TPSA) is 106 Å². The summed E-state index contributed by atoms with van der Waals surface area (Å²) in [5.41, 5.74) is 7.08. The van der Waals surface area contributed by atoms with E-state index in [1.54, 1.807) is 24.3 Å². The number of carbonyl (C=O) groups excluding carboxylic acids is 2. The van der Waals surface area contributed by atoms with Crippen LogP contribution in [0, 0.1) is 0 Å². The zero-order valence-corrected chi connectivity index (χ0v) is 19.1. The molecule has 1 saturated heterocycles. The summed E-state index contributed by atoms with van der Waals surface area (Å²) >= 11 is 7.55. The zero-order valence-electron chi connectivity index (χ0n) is 17.5. The molecule has 4 rings (SSSR count). The molecular weight excluding hydrogens is 448 g/mol. The minimum Gasteiger partial charge on any atom is -0.366 e. The molecule has 1 aromatic heterocycles. The first kappa shape index (κ1) is 22.2. The number of aromatic nitrogens is 3. The van der Waals surface area contributed by atoms with Crippen molar-refractivity contribution in [3.8, 4) is 5.69 Å². The number of hydrogen-bond acceptors (Lipinski definition) is 6. The molecule has 1 fully saturated rings. The molecule has 3 N–H and O–H groups in total. The second-order valence-electron chi connectivity index (χ2n) is 7.48. The van der Waals surface area contributed by atoms with Crippen molar-refractivity contribution in [2.75, 3.05) is 23.3 Å². The number of carbonyl (C=O) groups is 2. The molecule has 2 heterocycles. The molecule has 1 aliphatic heterocycles. The highest BCUT2D eigenvalue weighted by molar-refractivity contribution is 8.00. The molecule has 1 atom stereocenters. The standard InChI is InChI=1S/C22H23ClN6O2S/c1-14(20(31)25-17-9-7-15(8-10-17)19(24)30)32-22-27-26-21(28-11-2-3-12-28)29(22)18-6-4-5-16(23)13-18/h4-10,13-14H,2-3,11-12H2,1H3,(H2,24,30)(H,25,31). The van der Waals surface area contributed by atoms with Crippen LogP contribution in [0.4, 0.5) is 11.6 Å². The fourth-order valence-corrected chi connectivity index (χ4v) is 4.52. The average molecular weight is 471 g/mol. The number of thioether (sulfide) groups is 1. The van der Waals surface area contributed by atoms with Crippen molar-refractivity contribution in [1.82, 2.24) is 14.8 Å². The largest absolute Gasteiger partial charge is 0.366 e. The van der Waals surface area contributed by atoms with Crippen LogP contribution in [0.3, 0.4) is 0 Å². The fraction of sp³-hybridized carbons (Fsp3) is 0.273. The van der Waals surface area contributed by atoms with Crippen molar-refractivity contribution in [2.45, 2.75) is 30.2 Å². The van der Waals surface area contributed by atoms with Gasteiger partial charge in [-0.15, -0.1) is 10.2 Å². The molecule has 2 amide bonds. The average Bonchev–Trinajstić information content (AvgIpc) is 3.44. The van der Waals surface area contributed by atoms with Gasteiger partial charge in [0, 0.05) is 29.4 Å². The van der Waals surface area contributed by atoms with Crippen molar-refractivity contribution in [1.29, 1.82) is 0 Å². The molecule has 0 aliphatic carbocycles. The first-order chi connectivity index (χ1) is 15.4. The summed E-state index contributed by atoms with van der Waals surface area (Å²) in [5, 5.41) is 12.5. The van der Waals surface area contributed by atoms with Gasteiger partial charge in [0.1, 0.15) is 0 Å². The van der Waals surface area contributed by atoms with E-state index in [1.165, 1.54) is 11.8 Å². The van der Waals surface area contributed by atoms with Crippen molar-refractivity contribution in [2.24, 2.45) is 5.73 Å². The van der Waals surface area contributed by atoms with Crippen LogP contribution in [0.15, 0.2) is 53.7 Å². The molecule has 0 radical (unpaired) electrons. The van der Waals surface area contributed by atoms with Gasteiger partial charge in [-0.05, 0) is 62.2 Å². The minimum atomic E-state index is -0.513. The third-order valence-corrected chi connectivity index (χ3v) is 6.44. The summed E-state index contributed by atoms with van der Waals surface area (Å²) in [4.78, 5) is 26.2. The highest BCUT2D eigenvalue weighted by atomic mass is 35.5. The van der Waals surface area contributed by atoms with Crippen LogP contribution in [0.5, 0.6) is 0 Å². The summed E-state index contributed by atoms with van der Waals surface area (Å²) in [7, 11) is 0. The Bertz CT molecular complexity index is 1130. The predicted octanol–water partition coefficient (Wildman–Crippen LogP) is 3.74. The Morgan fingerprint density at radius 2 is 1.84 bits per heavy atom. The number of benzene rings is 2. The number of hydrogen-bond donors (Lipinski definition) is 2. The van der Waals surface area contributed by atoms with E-state index in [0.29, 0.717) is 21.4 Å². The highest BCUT2D eigenvalue weighted by Gasteiger charge is 2.25. The number of nitrogens with zero attached hydrogens (tertiary/aromatic N) is 4. The third-order valence-electron chi connectivity index (χ3n) is 5.16. The van der Waals surface area contributed by atoms with Crippen LogP contribution in [-0.2, 0) is 4.79 Å². The Balaban J connectivity index is 1.55. The van der Waals surface area contributed by atoms with Crippen LogP contribution in [0.25, 0.3) is 5.69 Å². The molecule has 0 bridgehead atoms. The quantitative estimate of drug-likeness (QED) is 0.509. The molecule has 32 heavy (non-hydrogen) atoms. The predicted molar refractivity (Wildman–Crippen MR) is 127 cm³/mol. The molecule has 8 nitrogen and oxygen atoms in total. The molecule has 10 heteroatoms. The zero-order chi connectivity index (χ0) is 22.7. The van der Waals surface area contributed by atoms with Crippen LogP contribution in [-0.4, -0.2) is 44.9 Å². The summed E-state index contributed by atoms with van der Waals surface area (Å²) in [6, 6.07) is 14.0. The van der Waals surface area contributed by atoms with Crippen molar-refractivity contribution >= 4 is 46.8 Å². The van der Waals surface area contributed by atoms with E-state index >= 15 is 0 Å². The maximum absolute atomic E-state index is 12.8. The van der Waals surface area contributed by atoms with Gasteiger partial charge >= 0.3 is 0 Å². The van der Waals surface area contributed by atoms with Crippen LogP contribution >= 0.6 is 23.4 Å². The van der Waals surface area contributed by atoms with E-state index < -0.39 is 11.2 Å². The Hall–Kier alpha value is -3.04. The van der Waals surface area contributed by atoms with E-state index in [1.807, 2.05) is 35.8 Å². The Morgan fingerprint density at radius 1 is 1.12 bits per heavy atom. The molecule has 3 aromatic rings. The lowest BCUT2D eigenvalue weighted by molar-refractivity contribution is -0.115. The van der Waals surface area contributed by atoms with Crippen molar-refractivity contribution < 1.29 is 9.59 Å². The lowest BCUT2D eigenvalue weighted by Crippen LogP contribution is -2.24. The van der Waals surface area contributed by atoms with E-state index in [4.69, 9.17) is 17.3 Å². The monoisotopic (exact) mass is 470 g/mol. The van der Waals surface area contributed by atoms with E-state index in [0.717, 1.165) is 37.6 Å². The summed E-state index contributed by atoms with van der Waals surface area (Å²) < 4.78 is 1.95. The maximum Gasteiger partial charge on any atom is 0.248 e. The lowest BCUT2D eigenvalue weighted by Gasteiger charge is -2.19. The lowest BCUT2D eigenvalue weighted by atomic mass is 10.2. The third kappa shape index (κ3) is 4.89. The number of anilines is 2. The summed E-state index contributed by atoms with van der Waals surface area (Å²) in [6.45, 7) is 3.64. The fourth-order valence-electron chi connectivity index (χ4n) is 3.48. The second kappa shape index (κ2) is 9.62. The van der Waals surface area contributed by atoms with Gasteiger partial charge in [0.25, 0.3) is 0 Å². The van der Waals surface area contributed by atoms with Crippen molar-refractivity contribution in [3.63, 3.8) is 0 Å². The van der Waals surface area contributed by atoms with E-state index in [9.17, 15) is 9.59 Å². The van der Waals surface area contributed by atoms with Gasteiger partial charge in [0.15, 0.2) is 5.16 Å². The van der Waals surface area contributed by atoms with Crippen LogP contribution in [0.1, 0.15) is 30.1 Å². The van der Waals surface area contributed by atoms with Gasteiger partial charge in [-0.3, -0.25) is 14.2 Å². The molecule has 0 spiro atoms. The van der Waals surface area contributed by atoms with E-state index in [2.05, 4.69) is 20.4 Å². The number of halogens is 1. The molecule has 1 unspecified atom stereocenters. The number of nitrogens with two attached hydrogens (primary N) is 1. The van der Waals surface area contributed by atoms with Crippen LogP contribution in [0.2, 0.25) is 5.02 Å². The van der Waals surface area contributed by atoms with Gasteiger partial charge in [0.05, 0.1) is 10.9 Å². The number of nitrogens with one attached hydrogen (secondary N) is 1. The molecule has 0 saturated carbocycles. The molecule has 166 valence electrons. The Kier molecular flexibility index (Phi) is 6.66. The Labute approximate surface area is 195 Å². The Morgan fingerprint density at radius 3 is 2.50 bits per heavy atom. The molecular formula is C22H23ClN6O2S. The van der Waals surface area contributed by atoms with E-state index in [-0.39, 0.29) is 5.91 Å². The molecule has 2 aromatic carbocycles. The second-order valence-corrected chi connectivity index (χ2v) is 9.23. The maximum atomic E-state index is 12.8. The molecule has 1 aliphatic rings. The SMILES string of the molecule is CC(Sc1nnc(N2CCCC2)n1-c1cccc(Cl)c1)C(=O)Nc1ccc(C(N)=O)cc1. The number of amides is 2. The normalized spacial score (nSPS) is 14.4. The highest BCUT2D eigenvalue weighted by Crippen LogP contribution is 2.31. The first-order valence-corrected chi connectivity index (χ1v) is 11.5. The smallest absolute Gasteiger partial charge is 0.248 e. The van der Waals surface area contributed by atoms with Gasteiger partial charge in [-0.1, -0.05) is 29.4 Å². The van der Waals surface area contributed by atoms with Crippen LogP contribution < -0.4 is 16.0 Å². The summed E-state index contributed by atoms with van der Waals surface area (Å²) in [5.74, 6) is 0.0491.